The number of carboxylic acids is 1. The van der Waals surface area contributed by atoms with Gasteiger partial charge in [-0.25, -0.2) is 13.2 Å². The average Bonchev–Trinajstić information content (AvgIpc) is 2.94. The van der Waals surface area contributed by atoms with Gasteiger partial charge in [-0.1, -0.05) is 0 Å². The van der Waals surface area contributed by atoms with Crippen LogP contribution in [0.4, 0.5) is 5.69 Å². The minimum absolute atomic E-state index is 0.000613. The highest BCUT2D eigenvalue weighted by atomic mass is 32.2. The maximum Gasteiger partial charge on any atom is 0.345 e. The maximum absolute atomic E-state index is 12.5. The fourth-order valence-electron chi connectivity index (χ4n) is 1.68. The molecule has 0 saturated carbocycles. The molecule has 2 aromatic rings. The SMILES string of the molecule is Cc1sc(C(=O)O)cc1S(=O)(=O)N(C)c1cnn(C)c1. The van der Waals surface area contributed by atoms with E-state index in [-0.39, 0.29) is 9.77 Å². The van der Waals surface area contributed by atoms with E-state index in [4.69, 9.17) is 5.11 Å². The molecule has 0 aliphatic carbocycles. The molecular formula is C11H13N3O4S2. The van der Waals surface area contributed by atoms with E-state index in [0.29, 0.717) is 10.6 Å². The molecule has 0 bridgehead atoms. The first-order chi connectivity index (χ1) is 9.23. The van der Waals surface area contributed by atoms with Gasteiger partial charge in [-0.05, 0) is 13.0 Å². The molecule has 0 unspecified atom stereocenters. The Morgan fingerprint density at radius 3 is 2.60 bits per heavy atom. The summed E-state index contributed by atoms with van der Waals surface area (Å²) in [6.07, 6.45) is 2.99. The summed E-state index contributed by atoms with van der Waals surface area (Å²) in [5.74, 6) is -1.14. The van der Waals surface area contributed by atoms with Gasteiger partial charge < -0.3 is 5.11 Å². The van der Waals surface area contributed by atoms with Crippen LogP contribution in [0.5, 0.6) is 0 Å². The van der Waals surface area contributed by atoms with Crippen molar-refractivity contribution in [2.75, 3.05) is 11.4 Å². The van der Waals surface area contributed by atoms with Gasteiger partial charge in [0.15, 0.2) is 0 Å². The third-order valence-electron chi connectivity index (χ3n) is 2.78. The highest BCUT2D eigenvalue weighted by Crippen LogP contribution is 2.29. The van der Waals surface area contributed by atoms with Crippen LogP contribution < -0.4 is 4.31 Å². The van der Waals surface area contributed by atoms with Crippen molar-refractivity contribution in [1.29, 1.82) is 0 Å². The summed E-state index contributed by atoms with van der Waals surface area (Å²) in [6.45, 7) is 1.58. The number of thiophene rings is 1. The van der Waals surface area contributed by atoms with Gasteiger partial charge in [-0.2, -0.15) is 5.10 Å². The van der Waals surface area contributed by atoms with Crippen molar-refractivity contribution in [2.45, 2.75) is 11.8 Å². The number of aromatic carboxylic acids is 1. The molecule has 0 amide bonds. The molecular weight excluding hydrogens is 302 g/mol. The van der Waals surface area contributed by atoms with Crippen molar-refractivity contribution in [3.63, 3.8) is 0 Å². The number of anilines is 1. The van der Waals surface area contributed by atoms with Gasteiger partial charge in [0.05, 0.1) is 11.9 Å². The third-order valence-corrected chi connectivity index (χ3v) is 5.86. The second-order valence-corrected chi connectivity index (χ2v) is 7.37. The summed E-state index contributed by atoms with van der Waals surface area (Å²) in [5.41, 5.74) is 0.412. The molecule has 9 heteroatoms. The van der Waals surface area contributed by atoms with Crippen molar-refractivity contribution >= 4 is 33.0 Å². The molecule has 0 aromatic carbocycles. The van der Waals surface area contributed by atoms with Crippen LogP contribution in [0, 0.1) is 6.92 Å². The van der Waals surface area contributed by atoms with E-state index in [9.17, 15) is 13.2 Å². The normalized spacial score (nSPS) is 11.6. The average molecular weight is 315 g/mol. The minimum Gasteiger partial charge on any atom is -0.477 e. The summed E-state index contributed by atoms with van der Waals surface area (Å²) >= 11 is 0.941. The Labute approximate surface area is 120 Å². The number of carboxylic acid groups (broad SMARTS) is 1. The van der Waals surface area contributed by atoms with Crippen molar-refractivity contribution in [1.82, 2.24) is 9.78 Å². The Morgan fingerprint density at radius 2 is 2.15 bits per heavy atom. The highest BCUT2D eigenvalue weighted by molar-refractivity contribution is 7.93. The van der Waals surface area contributed by atoms with Gasteiger partial charge in [0.25, 0.3) is 10.0 Å². The summed E-state index contributed by atoms with van der Waals surface area (Å²) in [6, 6.07) is 1.19. The molecule has 2 aromatic heterocycles. The molecule has 2 heterocycles. The fraction of sp³-hybridized carbons (Fsp3) is 0.273. The molecule has 0 aliphatic rings. The first kappa shape index (κ1) is 14.5. The van der Waals surface area contributed by atoms with Gasteiger partial charge in [0, 0.05) is 25.2 Å². The first-order valence-corrected chi connectivity index (χ1v) is 7.80. The van der Waals surface area contributed by atoms with E-state index < -0.39 is 16.0 Å². The van der Waals surface area contributed by atoms with Crippen molar-refractivity contribution in [2.24, 2.45) is 7.05 Å². The van der Waals surface area contributed by atoms with E-state index in [1.54, 1.807) is 20.2 Å². The quantitative estimate of drug-likeness (QED) is 0.918. The molecule has 20 heavy (non-hydrogen) atoms. The van der Waals surface area contributed by atoms with Crippen LogP contribution in [0.25, 0.3) is 0 Å². The number of aromatic nitrogens is 2. The maximum atomic E-state index is 12.5. The van der Waals surface area contributed by atoms with Crippen LogP contribution in [-0.2, 0) is 17.1 Å². The second kappa shape index (κ2) is 4.91. The van der Waals surface area contributed by atoms with Crippen LogP contribution in [0.15, 0.2) is 23.4 Å². The number of hydrogen-bond acceptors (Lipinski definition) is 5. The highest BCUT2D eigenvalue weighted by Gasteiger charge is 2.27. The summed E-state index contributed by atoms with van der Waals surface area (Å²) in [7, 11) is -0.705. The Hall–Kier alpha value is -1.87. The molecule has 7 nitrogen and oxygen atoms in total. The number of nitrogens with zero attached hydrogens (tertiary/aromatic N) is 3. The number of sulfonamides is 1. The number of hydrogen-bond donors (Lipinski definition) is 1. The Bertz CT molecular complexity index is 760. The monoisotopic (exact) mass is 315 g/mol. The number of carbonyl (C=O) groups is 1. The van der Waals surface area contributed by atoms with Crippen molar-refractivity contribution in [3.05, 3.63) is 28.2 Å². The van der Waals surface area contributed by atoms with Gasteiger partial charge in [0.1, 0.15) is 9.77 Å². The van der Waals surface area contributed by atoms with Crippen LogP contribution in [-0.4, -0.2) is 36.3 Å². The molecule has 0 saturated heterocycles. The third kappa shape index (κ3) is 2.41. The lowest BCUT2D eigenvalue weighted by molar-refractivity contribution is 0.0702. The van der Waals surface area contributed by atoms with Crippen LogP contribution in [0.3, 0.4) is 0 Å². The molecule has 0 radical (unpaired) electrons. The van der Waals surface area contributed by atoms with Crippen molar-refractivity contribution < 1.29 is 18.3 Å². The Kier molecular flexibility index (Phi) is 3.57. The second-order valence-electron chi connectivity index (χ2n) is 4.18. The molecule has 108 valence electrons. The van der Waals surface area contributed by atoms with E-state index in [1.807, 2.05) is 0 Å². The van der Waals surface area contributed by atoms with Crippen LogP contribution in [0.2, 0.25) is 0 Å². The zero-order valence-electron chi connectivity index (χ0n) is 11.1. The molecule has 0 aliphatic heterocycles. The number of aryl methyl sites for hydroxylation is 2. The largest absolute Gasteiger partial charge is 0.477 e. The summed E-state index contributed by atoms with van der Waals surface area (Å²) in [5, 5.41) is 12.9. The zero-order valence-corrected chi connectivity index (χ0v) is 12.7. The Morgan fingerprint density at radius 1 is 1.50 bits per heavy atom. The standard InChI is InChI=1S/C11H13N3O4S2/c1-7-10(4-9(19-7)11(15)16)20(17,18)14(3)8-5-12-13(2)6-8/h4-6H,1-3H3,(H,15,16). The smallest absolute Gasteiger partial charge is 0.345 e. The van der Waals surface area contributed by atoms with E-state index >= 15 is 0 Å². The molecule has 0 fully saturated rings. The van der Waals surface area contributed by atoms with Gasteiger partial charge in [-0.15, -0.1) is 11.3 Å². The Balaban J connectivity index is 2.47. The zero-order chi connectivity index (χ0) is 15.1. The van der Waals surface area contributed by atoms with Crippen LogP contribution >= 0.6 is 11.3 Å². The van der Waals surface area contributed by atoms with Crippen LogP contribution in [0.1, 0.15) is 14.5 Å². The van der Waals surface area contributed by atoms with Gasteiger partial charge in [0.2, 0.25) is 0 Å². The predicted octanol–water partition coefficient (Wildman–Crippen LogP) is 1.31. The number of rotatable bonds is 4. The van der Waals surface area contributed by atoms with E-state index in [1.165, 1.54) is 24.0 Å². The molecule has 0 spiro atoms. The van der Waals surface area contributed by atoms with E-state index in [0.717, 1.165) is 15.6 Å². The van der Waals surface area contributed by atoms with Crippen molar-refractivity contribution in [3.8, 4) is 0 Å². The lowest BCUT2D eigenvalue weighted by atomic mass is 10.4. The summed E-state index contributed by atoms with van der Waals surface area (Å²) in [4.78, 5) is 11.4. The topological polar surface area (TPSA) is 92.5 Å². The van der Waals surface area contributed by atoms with E-state index in [2.05, 4.69) is 5.10 Å². The molecule has 2 rings (SSSR count). The van der Waals surface area contributed by atoms with Gasteiger partial charge >= 0.3 is 5.97 Å². The molecule has 1 N–H and O–H groups in total. The summed E-state index contributed by atoms with van der Waals surface area (Å²) < 4.78 is 27.6. The fourth-order valence-corrected chi connectivity index (χ4v) is 4.25. The predicted molar refractivity (Wildman–Crippen MR) is 74.8 cm³/mol. The minimum atomic E-state index is -3.79. The van der Waals surface area contributed by atoms with Gasteiger partial charge in [-0.3, -0.25) is 8.99 Å². The molecule has 0 atom stereocenters. The first-order valence-electron chi connectivity index (χ1n) is 5.55. The lowest BCUT2D eigenvalue weighted by Crippen LogP contribution is -2.26. The lowest BCUT2D eigenvalue weighted by Gasteiger charge is -2.16.